The number of hydrogen-bond donors (Lipinski definition) is 2. The summed E-state index contributed by atoms with van der Waals surface area (Å²) in [6.07, 6.45) is 5.38. The van der Waals surface area contributed by atoms with Gasteiger partial charge in [0, 0.05) is 23.3 Å². The maximum absolute atomic E-state index is 14.1. The molecule has 1 unspecified atom stereocenters. The highest BCUT2D eigenvalue weighted by atomic mass is 19.1. The molecule has 1 heterocycles. The van der Waals surface area contributed by atoms with E-state index in [1.807, 2.05) is 12.1 Å². The average Bonchev–Trinajstić information content (AvgIpc) is 2.32. The predicted octanol–water partition coefficient (Wildman–Crippen LogP) is 3.56. The standard InChI is InChI=1S/C15H18FN3/c1-9(10-4-2-5-10)19-15-12(16)8-13(17)11-6-3-7-18-14(11)15/h3,6-10,19H,2,4-5,17H2,1H3. The van der Waals surface area contributed by atoms with Crippen molar-refractivity contribution in [2.45, 2.75) is 32.2 Å². The molecule has 3 rings (SSSR count). The third kappa shape index (κ3) is 2.11. The van der Waals surface area contributed by atoms with Gasteiger partial charge in [0.1, 0.15) is 0 Å². The Balaban J connectivity index is 2.01. The zero-order valence-electron chi connectivity index (χ0n) is 11.0. The minimum atomic E-state index is -0.324. The van der Waals surface area contributed by atoms with Crippen LogP contribution in [-0.2, 0) is 0 Å². The molecule has 1 aromatic carbocycles. The first kappa shape index (κ1) is 12.2. The molecule has 1 aliphatic rings. The number of aromatic nitrogens is 1. The van der Waals surface area contributed by atoms with Crippen LogP contribution in [0, 0.1) is 11.7 Å². The second-order valence-electron chi connectivity index (χ2n) is 5.35. The number of nitrogen functional groups attached to an aromatic ring is 1. The van der Waals surface area contributed by atoms with E-state index in [0.717, 1.165) is 5.39 Å². The summed E-state index contributed by atoms with van der Waals surface area (Å²) >= 11 is 0. The number of nitrogens with zero attached hydrogens (tertiary/aromatic N) is 1. The smallest absolute Gasteiger partial charge is 0.150 e. The summed E-state index contributed by atoms with van der Waals surface area (Å²) in [6, 6.07) is 5.32. The van der Waals surface area contributed by atoms with Crippen molar-refractivity contribution in [2.24, 2.45) is 5.92 Å². The fraction of sp³-hybridized carbons (Fsp3) is 0.400. The molecule has 100 valence electrons. The Morgan fingerprint density at radius 3 is 2.95 bits per heavy atom. The van der Waals surface area contributed by atoms with Crippen LogP contribution in [0.15, 0.2) is 24.4 Å². The lowest BCUT2D eigenvalue weighted by Gasteiger charge is -2.32. The lowest BCUT2D eigenvalue weighted by Crippen LogP contribution is -2.31. The summed E-state index contributed by atoms with van der Waals surface area (Å²) in [5.41, 5.74) is 7.37. The summed E-state index contributed by atoms with van der Waals surface area (Å²) in [5.74, 6) is 0.311. The fourth-order valence-electron chi connectivity index (χ4n) is 2.66. The Morgan fingerprint density at radius 1 is 1.47 bits per heavy atom. The summed E-state index contributed by atoms with van der Waals surface area (Å²) in [6.45, 7) is 2.11. The number of hydrogen-bond acceptors (Lipinski definition) is 3. The zero-order valence-corrected chi connectivity index (χ0v) is 11.0. The van der Waals surface area contributed by atoms with Crippen molar-refractivity contribution in [3.63, 3.8) is 0 Å². The van der Waals surface area contributed by atoms with E-state index in [4.69, 9.17) is 5.73 Å². The summed E-state index contributed by atoms with van der Waals surface area (Å²) in [5, 5.41) is 4.09. The molecule has 0 radical (unpaired) electrons. The number of anilines is 2. The van der Waals surface area contributed by atoms with Gasteiger partial charge in [-0.1, -0.05) is 6.42 Å². The SMILES string of the molecule is CC(Nc1c(F)cc(N)c2cccnc12)C1CCC1. The Bertz CT molecular complexity index is 608. The van der Waals surface area contributed by atoms with Gasteiger partial charge in [-0.25, -0.2) is 4.39 Å². The second-order valence-corrected chi connectivity index (χ2v) is 5.35. The number of rotatable bonds is 3. The van der Waals surface area contributed by atoms with E-state index in [1.165, 1.54) is 25.3 Å². The van der Waals surface area contributed by atoms with Crippen LogP contribution in [-0.4, -0.2) is 11.0 Å². The highest BCUT2D eigenvalue weighted by Gasteiger charge is 2.25. The third-order valence-electron chi connectivity index (χ3n) is 4.11. The largest absolute Gasteiger partial charge is 0.398 e. The van der Waals surface area contributed by atoms with Gasteiger partial charge >= 0.3 is 0 Å². The summed E-state index contributed by atoms with van der Waals surface area (Å²) in [7, 11) is 0. The summed E-state index contributed by atoms with van der Waals surface area (Å²) < 4.78 is 14.1. The molecule has 1 aromatic heterocycles. The number of nitrogens with two attached hydrogens (primary N) is 1. The average molecular weight is 259 g/mol. The van der Waals surface area contributed by atoms with Crippen molar-refractivity contribution in [3.8, 4) is 0 Å². The van der Waals surface area contributed by atoms with E-state index >= 15 is 0 Å². The van der Waals surface area contributed by atoms with Gasteiger partial charge in [0.15, 0.2) is 5.82 Å². The lowest BCUT2D eigenvalue weighted by molar-refractivity contribution is 0.285. The van der Waals surface area contributed by atoms with Gasteiger partial charge in [-0.3, -0.25) is 4.98 Å². The molecule has 1 atom stereocenters. The van der Waals surface area contributed by atoms with Crippen LogP contribution in [0.4, 0.5) is 15.8 Å². The minimum Gasteiger partial charge on any atom is -0.398 e. The molecule has 1 aliphatic carbocycles. The Kier molecular flexibility index (Phi) is 3.01. The van der Waals surface area contributed by atoms with Gasteiger partial charge in [0.05, 0.1) is 11.2 Å². The monoisotopic (exact) mass is 259 g/mol. The molecule has 19 heavy (non-hydrogen) atoms. The van der Waals surface area contributed by atoms with Crippen molar-refractivity contribution in [2.75, 3.05) is 11.1 Å². The molecular weight excluding hydrogens is 241 g/mol. The number of halogens is 1. The highest BCUT2D eigenvalue weighted by molar-refractivity contribution is 5.98. The van der Waals surface area contributed by atoms with Crippen LogP contribution in [0.2, 0.25) is 0 Å². The van der Waals surface area contributed by atoms with E-state index in [9.17, 15) is 4.39 Å². The molecule has 2 aromatic rings. The first-order chi connectivity index (χ1) is 9.16. The molecule has 3 N–H and O–H groups in total. The molecule has 0 amide bonds. The topological polar surface area (TPSA) is 50.9 Å². The van der Waals surface area contributed by atoms with Crippen molar-refractivity contribution >= 4 is 22.3 Å². The molecule has 0 bridgehead atoms. The lowest BCUT2D eigenvalue weighted by atomic mass is 9.80. The third-order valence-corrected chi connectivity index (χ3v) is 4.11. The van der Waals surface area contributed by atoms with Crippen LogP contribution in [0.5, 0.6) is 0 Å². The number of fused-ring (bicyclic) bond motifs is 1. The Labute approximate surface area is 112 Å². The maximum atomic E-state index is 14.1. The zero-order chi connectivity index (χ0) is 13.4. The van der Waals surface area contributed by atoms with Crippen molar-refractivity contribution in [1.29, 1.82) is 0 Å². The fourth-order valence-corrected chi connectivity index (χ4v) is 2.66. The van der Waals surface area contributed by atoms with E-state index in [2.05, 4.69) is 17.2 Å². The van der Waals surface area contributed by atoms with Gasteiger partial charge in [-0.05, 0) is 43.9 Å². The molecule has 3 nitrogen and oxygen atoms in total. The quantitative estimate of drug-likeness (QED) is 0.829. The molecule has 0 saturated heterocycles. The van der Waals surface area contributed by atoms with E-state index in [-0.39, 0.29) is 11.9 Å². The molecule has 0 aliphatic heterocycles. The van der Waals surface area contributed by atoms with E-state index in [0.29, 0.717) is 22.8 Å². The van der Waals surface area contributed by atoms with Gasteiger partial charge in [0.25, 0.3) is 0 Å². The number of pyridine rings is 1. The van der Waals surface area contributed by atoms with Crippen molar-refractivity contribution in [1.82, 2.24) is 4.98 Å². The van der Waals surface area contributed by atoms with Gasteiger partial charge in [0.2, 0.25) is 0 Å². The maximum Gasteiger partial charge on any atom is 0.150 e. The molecule has 0 spiro atoms. The first-order valence-electron chi connectivity index (χ1n) is 6.76. The molecule has 1 fully saturated rings. The van der Waals surface area contributed by atoms with Crippen molar-refractivity contribution in [3.05, 3.63) is 30.2 Å². The van der Waals surface area contributed by atoms with Crippen LogP contribution in [0.1, 0.15) is 26.2 Å². The van der Waals surface area contributed by atoms with Crippen molar-refractivity contribution < 1.29 is 4.39 Å². The number of benzene rings is 1. The van der Waals surface area contributed by atoms with Gasteiger partial charge in [-0.2, -0.15) is 0 Å². The minimum absolute atomic E-state index is 0.261. The normalized spacial score (nSPS) is 17.2. The molecule has 1 saturated carbocycles. The van der Waals surface area contributed by atoms with E-state index < -0.39 is 0 Å². The van der Waals surface area contributed by atoms with Gasteiger partial charge in [-0.15, -0.1) is 0 Å². The van der Waals surface area contributed by atoms with Crippen LogP contribution >= 0.6 is 0 Å². The van der Waals surface area contributed by atoms with Crippen LogP contribution < -0.4 is 11.1 Å². The van der Waals surface area contributed by atoms with Gasteiger partial charge < -0.3 is 11.1 Å². The molecule has 4 heteroatoms. The summed E-state index contributed by atoms with van der Waals surface area (Å²) in [4.78, 5) is 4.28. The highest BCUT2D eigenvalue weighted by Crippen LogP contribution is 2.34. The first-order valence-corrected chi connectivity index (χ1v) is 6.76. The van der Waals surface area contributed by atoms with Crippen LogP contribution in [0.3, 0.4) is 0 Å². The Morgan fingerprint density at radius 2 is 2.26 bits per heavy atom. The predicted molar refractivity (Wildman–Crippen MR) is 76.5 cm³/mol. The Hall–Kier alpha value is -1.84. The molecular formula is C15H18FN3. The van der Waals surface area contributed by atoms with Crippen LogP contribution in [0.25, 0.3) is 10.9 Å². The van der Waals surface area contributed by atoms with E-state index in [1.54, 1.807) is 6.20 Å². The number of nitrogens with one attached hydrogen (secondary N) is 1. The second kappa shape index (κ2) is 4.68.